The first kappa shape index (κ1) is 8.24. The third kappa shape index (κ3) is 1.09. The van der Waals surface area contributed by atoms with E-state index in [1.807, 2.05) is 0 Å². The molecular weight excluding hydrogens is 150 g/mol. The molecule has 68 valence electrons. The van der Waals surface area contributed by atoms with Crippen molar-refractivity contribution in [2.45, 2.75) is 44.7 Å². The van der Waals surface area contributed by atoms with Crippen LogP contribution in [0.5, 0.6) is 0 Å². The molecule has 3 fully saturated rings. The number of hydrogen-bond donors (Lipinski definition) is 0. The maximum absolute atomic E-state index is 11.4. The summed E-state index contributed by atoms with van der Waals surface area (Å²) in [5.74, 6) is 1.03. The Morgan fingerprint density at radius 2 is 1.83 bits per heavy atom. The standard InChI is InChI=1S/C10H17NO/c1-7(12)10-8-3-5-9(6-4-8)11(10)2/h8-10H,3-6H2,1-2H3. The van der Waals surface area contributed by atoms with Crippen LogP contribution in [0.25, 0.3) is 0 Å². The van der Waals surface area contributed by atoms with Crippen LogP contribution in [-0.2, 0) is 4.79 Å². The van der Waals surface area contributed by atoms with Crippen molar-refractivity contribution in [3.8, 4) is 0 Å². The van der Waals surface area contributed by atoms with Gasteiger partial charge in [-0.05, 0) is 45.6 Å². The van der Waals surface area contributed by atoms with Crippen molar-refractivity contribution in [3.05, 3.63) is 0 Å². The maximum atomic E-state index is 11.4. The van der Waals surface area contributed by atoms with E-state index >= 15 is 0 Å². The lowest BCUT2D eigenvalue weighted by molar-refractivity contribution is -0.129. The maximum Gasteiger partial charge on any atom is 0.147 e. The zero-order chi connectivity index (χ0) is 8.72. The quantitative estimate of drug-likeness (QED) is 0.589. The molecule has 2 saturated heterocycles. The van der Waals surface area contributed by atoms with Crippen molar-refractivity contribution >= 4 is 5.78 Å². The zero-order valence-corrected chi connectivity index (χ0v) is 7.92. The van der Waals surface area contributed by atoms with E-state index in [0.29, 0.717) is 17.7 Å². The highest BCUT2D eigenvalue weighted by Gasteiger charge is 2.41. The highest BCUT2D eigenvalue weighted by Crippen LogP contribution is 2.38. The van der Waals surface area contributed by atoms with Crippen LogP contribution in [0.3, 0.4) is 0 Å². The lowest BCUT2D eigenvalue weighted by Gasteiger charge is -2.48. The number of likely N-dealkylation sites (N-methyl/N-ethyl adjacent to an activating group) is 1. The van der Waals surface area contributed by atoms with E-state index in [4.69, 9.17) is 0 Å². The summed E-state index contributed by atoms with van der Waals surface area (Å²) in [6.45, 7) is 1.74. The lowest BCUT2D eigenvalue weighted by atomic mass is 9.74. The number of ketones is 1. The number of fused-ring (bicyclic) bond motifs is 3. The molecule has 1 unspecified atom stereocenters. The van der Waals surface area contributed by atoms with Crippen LogP contribution < -0.4 is 0 Å². The van der Waals surface area contributed by atoms with Crippen LogP contribution in [0.1, 0.15) is 32.6 Å². The molecule has 0 aromatic heterocycles. The van der Waals surface area contributed by atoms with Crippen molar-refractivity contribution in [2.75, 3.05) is 7.05 Å². The summed E-state index contributed by atoms with van der Waals surface area (Å²) in [7, 11) is 2.11. The van der Waals surface area contributed by atoms with Crippen LogP contribution >= 0.6 is 0 Å². The molecule has 1 atom stereocenters. The van der Waals surface area contributed by atoms with E-state index < -0.39 is 0 Å². The Morgan fingerprint density at radius 1 is 1.25 bits per heavy atom. The molecule has 0 spiro atoms. The monoisotopic (exact) mass is 167 g/mol. The molecule has 1 aliphatic carbocycles. The number of carbonyl (C=O) groups excluding carboxylic acids is 1. The van der Waals surface area contributed by atoms with Gasteiger partial charge in [0.05, 0.1) is 6.04 Å². The molecule has 0 amide bonds. The van der Waals surface area contributed by atoms with Crippen LogP contribution in [-0.4, -0.2) is 29.8 Å². The van der Waals surface area contributed by atoms with Crippen molar-refractivity contribution in [1.29, 1.82) is 0 Å². The minimum Gasteiger partial charge on any atom is -0.298 e. The Balaban J connectivity index is 2.18. The molecule has 12 heavy (non-hydrogen) atoms. The van der Waals surface area contributed by atoms with E-state index in [-0.39, 0.29) is 6.04 Å². The van der Waals surface area contributed by atoms with Gasteiger partial charge in [-0.25, -0.2) is 0 Å². The van der Waals surface area contributed by atoms with Gasteiger partial charge < -0.3 is 0 Å². The minimum absolute atomic E-state index is 0.248. The van der Waals surface area contributed by atoms with Gasteiger partial charge in [0.2, 0.25) is 0 Å². The van der Waals surface area contributed by atoms with E-state index in [1.54, 1.807) is 6.92 Å². The first-order valence-corrected chi connectivity index (χ1v) is 4.92. The van der Waals surface area contributed by atoms with Crippen LogP contribution in [0.4, 0.5) is 0 Å². The second-order valence-electron chi connectivity index (χ2n) is 4.29. The first-order valence-electron chi connectivity index (χ1n) is 4.92. The summed E-state index contributed by atoms with van der Waals surface area (Å²) >= 11 is 0. The molecule has 2 aliphatic heterocycles. The van der Waals surface area contributed by atoms with E-state index in [2.05, 4.69) is 11.9 Å². The molecule has 3 aliphatic rings. The summed E-state index contributed by atoms with van der Waals surface area (Å²) in [5, 5.41) is 0. The zero-order valence-electron chi connectivity index (χ0n) is 7.92. The number of Topliss-reactive ketones (excluding diaryl/α,β-unsaturated/α-hetero) is 1. The van der Waals surface area contributed by atoms with Gasteiger partial charge in [-0.2, -0.15) is 0 Å². The Labute approximate surface area is 73.9 Å². The number of hydrogen-bond acceptors (Lipinski definition) is 2. The number of nitrogens with zero attached hydrogens (tertiary/aromatic N) is 1. The van der Waals surface area contributed by atoms with Crippen LogP contribution in [0.15, 0.2) is 0 Å². The molecule has 0 aromatic carbocycles. The third-order valence-corrected chi connectivity index (χ3v) is 3.62. The fraction of sp³-hybridized carbons (Fsp3) is 0.900. The smallest absolute Gasteiger partial charge is 0.147 e. The van der Waals surface area contributed by atoms with Gasteiger partial charge in [-0.1, -0.05) is 0 Å². The van der Waals surface area contributed by atoms with E-state index in [1.165, 1.54) is 25.7 Å². The van der Waals surface area contributed by atoms with Gasteiger partial charge >= 0.3 is 0 Å². The van der Waals surface area contributed by atoms with Gasteiger partial charge in [-0.15, -0.1) is 0 Å². The third-order valence-electron chi connectivity index (χ3n) is 3.62. The fourth-order valence-electron chi connectivity index (χ4n) is 3.00. The normalized spacial score (nSPS) is 41.7. The summed E-state index contributed by atoms with van der Waals surface area (Å²) in [4.78, 5) is 13.7. The van der Waals surface area contributed by atoms with Gasteiger partial charge in [0.25, 0.3) is 0 Å². The van der Waals surface area contributed by atoms with Gasteiger partial charge in [0, 0.05) is 6.04 Å². The van der Waals surface area contributed by atoms with Crippen molar-refractivity contribution < 1.29 is 4.79 Å². The molecular formula is C10H17NO. The number of carbonyl (C=O) groups is 1. The summed E-state index contributed by atoms with van der Waals surface area (Å²) < 4.78 is 0. The van der Waals surface area contributed by atoms with Crippen LogP contribution in [0.2, 0.25) is 0 Å². The Bertz CT molecular complexity index is 192. The molecule has 2 heterocycles. The second kappa shape index (κ2) is 2.84. The lowest BCUT2D eigenvalue weighted by Crippen LogP contribution is -2.55. The minimum atomic E-state index is 0.248. The second-order valence-corrected chi connectivity index (χ2v) is 4.29. The highest BCUT2D eigenvalue weighted by molar-refractivity contribution is 5.82. The number of rotatable bonds is 1. The Kier molecular flexibility index (Phi) is 1.95. The molecule has 0 radical (unpaired) electrons. The Hall–Kier alpha value is -0.370. The number of piperidine rings is 2. The fourth-order valence-corrected chi connectivity index (χ4v) is 3.00. The topological polar surface area (TPSA) is 20.3 Å². The summed E-state index contributed by atoms with van der Waals surface area (Å²) in [5.41, 5.74) is 0. The van der Waals surface area contributed by atoms with Crippen LogP contribution in [0, 0.1) is 5.92 Å². The SMILES string of the molecule is CC(=O)C1C2CCC(CC2)N1C. The molecule has 0 N–H and O–H groups in total. The van der Waals surface area contributed by atoms with Gasteiger partial charge in [0.15, 0.2) is 0 Å². The van der Waals surface area contributed by atoms with Gasteiger partial charge in [-0.3, -0.25) is 9.69 Å². The molecule has 2 nitrogen and oxygen atoms in total. The average Bonchev–Trinajstić information content (AvgIpc) is 2.05. The highest BCUT2D eigenvalue weighted by atomic mass is 16.1. The molecule has 1 saturated carbocycles. The molecule has 3 rings (SSSR count). The van der Waals surface area contributed by atoms with E-state index in [0.717, 1.165) is 0 Å². The molecule has 0 aromatic rings. The van der Waals surface area contributed by atoms with Crippen molar-refractivity contribution in [3.63, 3.8) is 0 Å². The van der Waals surface area contributed by atoms with E-state index in [9.17, 15) is 4.79 Å². The largest absolute Gasteiger partial charge is 0.298 e. The molecule has 2 bridgehead atoms. The average molecular weight is 167 g/mol. The summed E-state index contributed by atoms with van der Waals surface area (Å²) in [6.07, 6.45) is 5.18. The van der Waals surface area contributed by atoms with Crippen molar-refractivity contribution in [2.24, 2.45) is 5.92 Å². The predicted octanol–water partition coefficient (Wildman–Crippen LogP) is 1.45. The predicted molar refractivity (Wildman–Crippen MR) is 48.0 cm³/mol. The van der Waals surface area contributed by atoms with Crippen molar-refractivity contribution in [1.82, 2.24) is 4.90 Å². The first-order chi connectivity index (χ1) is 5.70. The summed E-state index contributed by atoms with van der Waals surface area (Å²) in [6, 6.07) is 0.946. The Morgan fingerprint density at radius 3 is 2.17 bits per heavy atom. The van der Waals surface area contributed by atoms with Gasteiger partial charge in [0.1, 0.15) is 5.78 Å². The molecule has 2 heteroatoms.